The highest BCUT2D eigenvalue weighted by Crippen LogP contribution is 2.37. The van der Waals surface area contributed by atoms with Crippen molar-refractivity contribution in [3.8, 4) is 11.5 Å². The van der Waals surface area contributed by atoms with Gasteiger partial charge in [-0.15, -0.1) is 0 Å². The van der Waals surface area contributed by atoms with Crippen LogP contribution in [0.4, 0.5) is 0 Å². The van der Waals surface area contributed by atoms with E-state index in [2.05, 4.69) is 4.90 Å². The smallest absolute Gasteiger partial charge is 0.306 e. The Bertz CT molecular complexity index is 1390. The van der Waals surface area contributed by atoms with Crippen molar-refractivity contribution in [2.45, 2.75) is 37.8 Å². The number of aromatic hydroxyl groups is 2. The van der Waals surface area contributed by atoms with Gasteiger partial charge < -0.3 is 23.9 Å². The molecule has 4 heterocycles. The highest BCUT2D eigenvalue weighted by atomic mass is 16.5. The van der Waals surface area contributed by atoms with Crippen LogP contribution in [0.3, 0.4) is 0 Å². The molecular formula is C27H28N2O7. The van der Waals surface area contributed by atoms with Crippen molar-refractivity contribution in [2.75, 3.05) is 20.2 Å². The Hall–Kier alpha value is -3.85. The Kier molecular flexibility index (Phi) is 6.40. The first-order valence-electron chi connectivity index (χ1n) is 12.0. The number of pyridine rings is 1. The molecule has 0 amide bonds. The third kappa shape index (κ3) is 4.66. The van der Waals surface area contributed by atoms with E-state index >= 15 is 0 Å². The lowest BCUT2D eigenvalue weighted by Gasteiger charge is -2.42. The summed E-state index contributed by atoms with van der Waals surface area (Å²) in [6, 6.07) is 12.8. The molecule has 2 N–H and O–H groups in total. The average Bonchev–Trinajstić information content (AvgIpc) is 2.86. The van der Waals surface area contributed by atoms with E-state index in [0.717, 1.165) is 18.7 Å². The summed E-state index contributed by atoms with van der Waals surface area (Å²) < 4.78 is 12.8. The molecule has 2 aliphatic rings. The molecule has 1 saturated heterocycles. The van der Waals surface area contributed by atoms with Crippen LogP contribution in [0.1, 0.15) is 47.5 Å². The summed E-state index contributed by atoms with van der Waals surface area (Å²) in [5.41, 5.74) is 1.05. The zero-order valence-electron chi connectivity index (χ0n) is 19.9. The van der Waals surface area contributed by atoms with Gasteiger partial charge in [0.2, 0.25) is 11.2 Å². The minimum Gasteiger partial charge on any atom is -0.508 e. The molecule has 1 fully saturated rings. The second kappa shape index (κ2) is 9.66. The van der Waals surface area contributed by atoms with Crippen LogP contribution in [-0.4, -0.2) is 45.8 Å². The number of nitrogens with zero attached hydrogens (tertiary/aromatic N) is 2. The van der Waals surface area contributed by atoms with E-state index in [1.54, 1.807) is 24.3 Å². The van der Waals surface area contributed by atoms with E-state index in [0.29, 0.717) is 36.9 Å². The van der Waals surface area contributed by atoms with E-state index in [1.165, 1.54) is 25.3 Å². The van der Waals surface area contributed by atoms with Gasteiger partial charge >= 0.3 is 5.97 Å². The first-order chi connectivity index (χ1) is 17.3. The molecule has 2 bridgehead atoms. The molecule has 9 heteroatoms. The maximum Gasteiger partial charge on any atom is 0.306 e. The van der Waals surface area contributed by atoms with E-state index < -0.39 is 23.1 Å². The fourth-order valence-corrected chi connectivity index (χ4v) is 5.53. The minimum atomic E-state index is -0.773. The quantitative estimate of drug-likeness (QED) is 0.504. The van der Waals surface area contributed by atoms with Crippen molar-refractivity contribution in [1.29, 1.82) is 0 Å². The molecule has 0 spiro atoms. The molecule has 2 aliphatic heterocycles. The third-order valence-electron chi connectivity index (χ3n) is 7.15. The third-order valence-corrected chi connectivity index (χ3v) is 7.15. The Morgan fingerprint density at radius 1 is 1.11 bits per heavy atom. The Labute approximate surface area is 207 Å². The van der Waals surface area contributed by atoms with Crippen LogP contribution >= 0.6 is 0 Å². The number of esters is 1. The van der Waals surface area contributed by atoms with Crippen LogP contribution in [0.5, 0.6) is 11.5 Å². The molecule has 0 aliphatic carbocycles. The fourth-order valence-electron chi connectivity index (χ4n) is 5.53. The molecular weight excluding hydrogens is 464 g/mol. The summed E-state index contributed by atoms with van der Waals surface area (Å²) >= 11 is 0. The number of phenolic OH excluding ortho intramolecular Hbond substituents is 1. The van der Waals surface area contributed by atoms with Gasteiger partial charge in [0.1, 0.15) is 11.5 Å². The van der Waals surface area contributed by atoms with Crippen molar-refractivity contribution in [2.24, 2.45) is 5.92 Å². The summed E-state index contributed by atoms with van der Waals surface area (Å²) in [5.74, 6) is -0.917. The number of hydrogen-bond acceptors (Lipinski definition) is 8. The molecule has 3 aromatic rings. The summed E-state index contributed by atoms with van der Waals surface area (Å²) in [4.78, 5) is 39.4. The van der Waals surface area contributed by atoms with Crippen LogP contribution in [0, 0.1) is 5.92 Å². The zero-order valence-corrected chi connectivity index (χ0v) is 19.9. The van der Waals surface area contributed by atoms with Gasteiger partial charge in [-0.2, -0.15) is 0 Å². The number of carbonyl (C=O) groups is 1. The topological polar surface area (TPSA) is 122 Å². The first-order valence-corrected chi connectivity index (χ1v) is 12.0. The molecule has 2 aromatic heterocycles. The van der Waals surface area contributed by atoms with Crippen LogP contribution in [-0.2, 0) is 22.6 Å². The van der Waals surface area contributed by atoms with E-state index in [1.807, 2.05) is 10.6 Å². The second-order valence-electron chi connectivity index (χ2n) is 9.61. The van der Waals surface area contributed by atoms with Crippen molar-refractivity contribution >= 4 is 5.97 Å². The molecule has 9 nitrogen and oxygen atoms in total. The van der Waals surface area contributed by atoms with E-state index in [4.69, 9.17) is 9.15 Å². The lowest BCUT2D eigenvalue weighted by Crippen LogP contribution is -2.46. The van der Waals surface area contributed by atoms with Crippen molar-refractivity contribution in [3.63, 3.8) is 0 Å². The van der Waals surface area contributed by atoms with E-state index in [9.17, 15) is 24.6 Å². The first kappa shape index (κ1) is 23.9. The monoisotopic (exact) mass is 492 g/mol. The van der Waals surface area contributed by atoms with Crippen molar-refractivity contribution in [1.82, 2.24) is 9.47 Å². The fraction of sp³-hybridized carbons (Fsp3) is 0.370. The highest BCUT2D eigenvalue weighted by molar-refractivity contribution is 5.71. The number of likely N-dealkylation sites (tertiary alicyclic amines) is 1. The summed E-state index contributed by atoms with van der Waals surface area (Å²) in [7, 11) is 1.27. The van der Waals surface area contributed by atoms with Gasteiger partial charge in [-0.25, -0.2) is 0 Å². The lowest BCUT2D eigenvalue weighted by atomic mass is 9.83. The van der Waals surface area contributed by atoms with Gasteiger partial charge in [0.15, 0.2) is 5.76 Å². The number of fused-ring (bicyclic) bond motifs is 4. The van der Waals surface area contributed by atoms with Crippen molar-refractivity contribution in [3.05, 3.63) is 91.9 Å². The molecule has 1 aromatic carbocycles. The van der Waals surface area contributed by atoms with Gasteiger partial charge in [0, 0.05) is 43.4 Å². The number of benzene rings is 1. The molecule has 0 radical (unpaired) electrons. The van der Waals surface area contributed by atoms with Gasteiger partial charge in [0.05, 0.1) is 26.0 Å². The highest BCUT2D eigenvalue weighted by Gasteiger charge is 2.35. The van der Waals surface area contributed by atoms with Gasteiger partial charge in [0.25, 0.3) is 5.56 Å². The van der Waals surface area contributed by atoms with Crippen LogP contribution in [0.15, 0.2) is 62.5 Å². The summed E-state index contributed by atoms with van der Waals surface area (Å²) in [6.45, 7) is 2.48. The standard InChI is InChI=1S/C27H28N2O7/c1-35-25(33)11-21(17-5-7-19(30)8-6-17)27-26(34)23(31)10-20(36-27)15-28-12-16-9-18(14-28)22-3-2-4-24(32)29(22)13-16/h2-8,10,16,18,21,30,34H,9,11-15H2,1H3. The predicted octanol–water partition coefficient (Wildman–Crippen LogP) is 2.53. The Morgan fingerprint density at radius 2 is 1.89 bits per heavy atom. The van der Waals surface area contributed by atoms with E-state index in [-0.39, 0.29) is 29.4 Å². The van der Waals surface area contributed by atoms with Gasteiger partial charge in [-0.05, 0) is 36.1 Å². The number of piperidine rings is 1. The number of hydrogen-bond donors (Lipinski definition) is 2. The zero-order chi connectivity index (χ0) is 25.4. The predicted molar refractivity (Wildman–Crippen MR) is 130 cm³/mol. The second-order valence-corrected chi connectivity index (χ2v) is 9.61. The van der Waals surface area contributed by atoms with Crippen LogP contribution in [0.2, 0.25) is 0 Å². The Morgan fingerprint density at radius 3 is 2.64 bits per heavy atom. The number of aromatic nitrogens is 1. The van der Waals surface area contributed by atoms with Crippen LogP contribution in [0.25, 0.3) is 0 Å². The summed E-state index contributed by atoms with van der Waals surface area (Å²) in [6.07, 6.45) is 0.855. The number of ether oxygens (including phenoxy) is 1. The molecule has 188 valence electrons. The van der Waals surface area contributed by atoms with Crippen molar-refractivity contribution < 1.29 is 24.2 Å². The van der Waals surface area contributed by atoms with Gasteiger partial charge in [-0.1, -0.05) is 18.2 Å². The maximum atomic E-state index is 12.7. The number of rotatable bonds is 6. The summed E-state index contributed by atoms with van der Waals surface area (Å²) in [5, 5.41) is 20.3. The molecule has 36 heavy (non-hydrogen) atoms. The number of phenols is 1. The minimum absolute atomic E-state index is 0.0114. The molecule has 5 rings (SSSR count). The number of methoxy groups -OCH3 is 1. The lowest BCUT2D eigenvalue weighted by molar-refractivity contribution is -0.140. The van der Waals surface area contributed by atoms with Gasteiger partial charge in [-0.3, -0.25) is 19.3 Å². The largest absolute Gasteiger partial charge is 0.508 e. The average molecular weight is 493 g/mol. The SMILES string of the molecule is COC(=O)CC(c1ccc(O)cc1)c1oc(CN2CC3CC(C2)c2cccc(=O)n2C3)cc(=O)c1O. The maximum absolute atomic E-state index is 12.7. The normalized spacial score (nSPS) is 19.9. The Balaban J connectivity index is 1.44. The molecule has 3 atom stereocenters. The molecule has 0 saturated carbocycles. The number of carbonyl (C=O) groups excluding carboxylic acids is 1. The molecule has 3 unspecified atom stereocenters. The van der Waals surface area contributed by atoms with Crippen LogP contribution < -0.4 is 11.0 Å².